The van der Waals surface area contributed by atoms with E-state index in [4.69, 9.17) is 9.47 Å². The molecule has 2 aliphatic rings. The highest BCUT2D eigenvalue weighted by molar-refractivity contribution is 6.10. The number of para-hydroxylation sites is 1. The molecule has 1 aromatic heterocycles. The molecule has 8 nitrogen and oxygen atoms in total. The number of benzene rings is 1. The molecule has 0 saturated carbocycles. The number of imide groups is 1. The van der Waals surface area contributed by atoms with E-state index in [0.717, 1.165) is 11.8 Å². The summed E-state index contributed by atoms with van der Waals surface area (Å²) in [6, 6.07) is 8.81. The van der Waals surface area contributed by atoms with E-state index in [0.29, 0.717) is 16.5 Å². The third-order valence-electron chi connectivity index (χ3n) is 4.80. The molecule has 1 atom stereocenters. The van der Waals surface area contributed by atoms with E-state index in [1.165, 1.54) is 13.1 Å². The minimum absolute atomic E-state index is 0.00212. The molecule has 8 heteroatoms. The second kappa shape index (κ2) is 6.26. The van der Waals surface area contributed by atoms with Gasteiger partial charge in [0.15, 0.2) is 5.60 Å². The van der Waals surface area contributed by atoms with Crippen molar-refractivity contribution in [2.45, 2.75) is 32.3 Å². The lowest BCUT2D eigenvalue weighted by Crippen LogP contribution is -2.34. The van der Waals surface area contributed by atoms with E-state index in [1.54, 1.807) is 24.3 Å². The average molecular weight is 380 g/mol. The highest BCUT2D eigenvalue weighted by Gasteiger charge is 2.54. The van der Waals surface area contributed by atoms with Crippen molar-refractivity contribution in [1.82, 2.24) is 9.88 Å². The van der Waals surface area contributed by atoms with Crippen molar-refractivity contribution >= 4 is 34.5 Å². The van der Waals surface area contributed by atoms with Crippen LogP contribution in [0.2, 0.25) is 0 Å². The number of hydrogen-bond donors (Lipinski definition) is 0. The quantitative estimate of drug-likeness (QED) is 0.592. The number of nitrogens with zero attached hydrogens (tertiary/aromatic N) is 2. The third kappa shape index (κ3) is 2.57. The predicted molar refractivity (Wildman–Crippen MR) is 95.1 cm³/mol. The van der Waals surface area contributed by atoms with Gasteiger partial charge in [0.25, 0.3) is 11.7 Å². The summed E-state index contributed by atoms with van der Waals surface area (Å²) in [6.07, 6.45) is 1.54. The van der Waals surface area contributed by atoms with Gasteiger partial charge in [-0.2, -0.15) is 0 Å². The van der Waals surface area contributed by atoms with Crippen LogP contribution in [0.25, 0.3) is 10.9 Å². The second-order valence-corrected chi connectivity index (χ2v) is 6.69. The first-order valence-electron chi connectivity index (χ1n) is 8.69. The van der Waals surface area contributed by atoms with Crippen LogP contribution in [0.3, 0.4) is 0 Å². The summed E-state index contributed by atoms with van der Waals surface area (Å²) in [5.41, 5.74) is -0.457. The molecule has 0 radical (unpaired) electrons. The summed E-state index contributed by atoms with van der Waals surface area (Å²) < 4.78 is 11.0. The smallest absolute Gasteiger partial charge is 0.308 e. The lowest BCUT2D eigenvalue weighted by atomic mass is 9.89. The molecule has 0 N–H and O–H groups in total. The maximum absolute atomic E-state index is 13.3. The van der Waals surface area contributed by atoms with Gasteiger partial charge in [0, 0.05) is 36.9 Å². The number of carbonyl (C=O) groups is 4. The summed E-state index contributed by atoms with van der Waals surface area (Å²) in [5.74, 6) is -3.22. The van der Waals surface area contributed by atoms with Crippen LogP contribution >= 0.6 is 0 Å². The lowest BCUT2D eigenvalue weighted by Gasteiger charge is -2.26. The normalized spacial score (nSPS) is 22.2. The molecule has 1 unspecified atom stereocenters. The summed E-state index contributed by atoms with van der Waals surface area (Å²) in [5, 5.41) is 0.670. The van der Waals surface area contributed by atoms with Crippen molar-refractivity contribution in [2.24, 2.45) is 0 Å². The van der Waals surface area contributed by atoms with Crippen LogP contribution < -0.4 is 0 Å². The fourth-order valence-corrected chi connectivity index (χ4v) is 3.47. The van der Waals surface area contributed by atoms with E-state index >= 15 is 0 Å². The highest BCUT2D eigenvalue weighted by atomic mass is 16.6. The Labute approximate surface area is 159 Å². The Bertz CT molecular complexity index is 1070. The number of pyridine rings is 1. The molecule has 2 aliphatic heterocycles. The van der Waals surface area contributed by atoms with Crippen molar-refractivity contribution in [3.63, 3.8) is 0 Å². The average Bonchev–Trinajstić information content (AvgIpc) is 3.12. The van der Waals surface area contributed by atoms with Crippen molar-refractivity contribution in [3.8, 4) is 0 Å². The fourth-order valence-electron chi connectivity index (χ4n) is 3.47. The monoisotopic (exact) mass is 380 g/mol. The Kier molecular flexibility index (Phi) is 3.99. The van der Waals surface area contributed by atoms with Crippen molar-refractivity contribution in [3.05, 3.63) is 53.7 Å². The number of aromatic nitrogens is 1. The molecule has 1 saturated heterocycles. The Morgan fingerprint density at radius 2 is 1.82 bits per heavy atom. The number of likely N-dealkylation sites (tertiary alicyclic amines) is 1. The summed E-state index contributed by atoms with van der Waals surface area (Å²) in [7, 11) is 0. The van der Waals surface area contributed by atoms with Crippen LogP contribution in [0.5, 0.6) is 0 Å². The van der Waals surface area contributed by atoms with Crippen molar-refractivity contribution < 1.29 is 28.7 Å². The van der Waals surface area contributed by atoms with Gasteiger partial charge in [-0.15, -0.1) is 0 Å². The van der Waals surface area contributed by atoms with Crippen LogP contribution in [0.4, 0.5) is 0 Å². The number of ether oxygens (including phenoxy) is 2. The molecule has 2 aromatic rings. The summed E-state index contributed by atoms with van der Waals surface area (Å²) in [4.78, 5) is 54.3. The van der Waals surface area contributed by atoms with Gasteiger partial charge in [0.2, 0.25) is 17.6 Å². The van der Waals surface area contributed by atoms with Gasteiger partial charge < -0.3 is 9.47 Å². The maximum atomic E-state index is 13.3. The minimum Gasteiger partial charge on any atom is -0.456 e. The first kappa shape index (κ1) is 17.8. The number of ketones is 1. The predicted octanol–water partition coefficient (Wildman–Crippen LogP) is 1.93. The lowest BCUT2D eigenvalue weighted by molar-refractivity contribution is -0.144. The Hall–Kier alpha value is -3.55. The standard InChI is InChI=1S/C20H16N2O6/c1-11(23)27-17-18(26)20(2,28-19(17)22-15(24)7-8-16(22)25)13-9-10-21-14-6-4-3-5-12(13)14/h3-6,9-10H,7-8H2,1-2H3. The van der Waals surface area contributed by atoms with Gasteiger partial charge in [-0.3, -0.25) is 24.2 Å². The molecule has 4 rings (SSSR count). The van der Waals surface area contributed by atoms with Crippen LogP contribution in [0.15, 0.2) is 48.2 Å². The molecule has 142 valence electrons. The van der Waals surface area contributed by atoms with E-state index in [9.17, 15) is 19.2 Å². The van der Waals surface area contributed by atoms with E-state index in [2.05, 4.69) is 4.98 Å². The van der Waals surface area contributed by atoms with Gasteiger partial charge in [-0.05, 0) is 19.1 Å². The molecule has 0 aliphatic carbocycles. The molecule has 2 amide bonds. The van der Waals surface area contributed by atoms with E-state index < -0.39 is 34.9 Å². The zero-order valence-corrected chi connectivity index (χ0v) is 15.2. The molecular weight excluding hydrogens is 364 g/mol. The van der Waals surface area contributed by atoms with Gasteiger partial charge in [0.1, 0.15) is 0 Å². The summed E-state index contributed by atoms with van der Waals surface area (Å²) in [6.45, 7) is 2.64. The van der Waals surface area contributed by atoms with Gasteiger partial charge in [-0.25, -0.2) is 4.90 Å². The van der Waals surface area contributed by atoms with Gasteiger partial charge >= 0.3 is 5.97 Å². The zero-order valence-electron chi connectivity index (χ0n) is 15.2. The molecule has 1 fully saturated rings. The van der Waals surface area contributed by atoms with Crippen LogP contribution in [0.1, 0.15) is 32.3 Å². The minimum atomic E-state index is -1.59. The van der Waals surface area contributed by atoms with Crippen LogP contribution in [-0.4, -0.2) is 33.5 Å². The molecule has 0 spiro atoms. The zero-order chi connectivity index (χ0) is 20.1. The Morgan fingerprint density at radius 1 is 1.14 bits per heavy atom. The maximum Gasteiger partial charge on any atom is 0.308 e. The largest absolute Gasteiger partial charge is 0.456 e. The van der Waals surface area contributed by atoms with Gasteiger partial charge in [0.05, 0.1) is 5.52 Å². The van der Waals surface area contributed by atoms with Crippen molar-refractivity contribution in [1.29, 1.82) is 0 Å². The van der Waals surface area contributed by atoms with E-state index in [1.807, 2.05) is 6.07 Å². The fraction of sp³-hybridized carbons (Fsp3) is 0.250. The van der Waals surface area contributed by atoms with Crippen LogP contribution in [-0.2, 0) is 34.3 Å². The summed E-state index contributed by atoms with van der Waals surface area (Å²) >= 11 is 0. The number of fused-ring (bicyclic) bond motifs is 1. The molecule has 1 aromatic carbocycles. The topological polar surface area (TPSA) is 103 Å². The SMILES string of the molecule is CC(=O)OC1=C(N2C(=O)CCC2=O)OC(C)(c2ccnc3ccccc23)C1=O. The third-order valence-corrected chi connectivity index (χ3v) is 4.80. The number of amides is 2. The second-order valence-electron chi connectivity index (χ2n) is 6.69. The highest BCUT2D eigenvalue weighted by Crippen LogP contribution is 2.43. The number of rotatable bonds is 3. The molecule has 28 heavy (non-hydrogen) atoms. The number of esters is 1. The molecule has 0 bridgehead atoms. The number of carbonyl (C=O) groups excluding carboxylic acids is 4. The van der Waals surface area contributed by atoms with Crippen LogP contribution in [0, 0.1) is 0 Å². The first-order chi connectivity index (χ1) is 13.3. The number of Topliss-reactive ketones (excluding diaryl/α,β-unsaturated/α-hetero) is 1. The molecule has 3 heterocycles. The van der Waals surface area contributed by atoms with Crippen molar-refractivity contribution in [2.75, 3.05) is 0 Å². The molecular formula is C20H16N2O6. The Morgan fingerprint density at radius 3 is 2.50 bits per heavy atom. The number of hydrogen-bond acceptors (Lipinski definition) is 7. The van der Waals surface area contributed by atoms with E-state index in [-0.39, 0.29) is 18.7 Å². The van der Waals surface area contributed by atoms with Gasteiger partial charge in [-0.1, -0.05) is 18.2 Å². The first-order valence-corrected chi connectivity index (χ1v) is 8.69. The Balaban J connectivity index is 1.87.